The van der Waals surface area contributed by atoms with E-state index < -0.39 is 12.5 Å². The predicted molar refractivity (Wildman–Crippen MR) is 27.8 cm³/mol. The maximum atomic E-state index is 11.3. The van der Waals surface area contributed by atoms with Gasteiger partial charge in [-0.05, 0) is 0 Å². The third-order valence-corrected chi connectivity index (χ3v) is 0.956. The van der Waals surface area contributed by atoms with E-state index in [1.54, 1.807) is 0 Å². The lowest BCUT2D eigenvalue weighted by atomic mass is 10.4. The molecule has 0 spiro atoms. The number of alkyl halides is 2. The minimum Gasteiger partial charge on any atom is -0.322 e. The maximum Gasteiger partial charge on any atom is 0.254 e. The summed E-state index contributed by atoms with van der Waals surface area (Å²) in [6, 6.07) is -1.07. The van der Waals surface area contributed by atoms with Crippen molar-refractivity contribution in [3.63, 3.8) is 0 Å². The first-order valence-corrected chi connectivity index (χ1v) is 2.46. The Labute approximate surface area is 46.3 Å². The van der Waals surface area contributed by atoms with Crippen LogP contribution in [-0.4, -0.2) is 18.2 Å². The molecule has 0 amide bonds. The van der Waals surface area contributed by atoms with Crippen molar-refractivity contribution >= 4 is 12.6 Å². The zero-order valence-corrected chi connectivity index (χ0v) is 4.54. The van der Waals surface area contributed by atoms with Crippen LogP contribution >= 0.6 is 12.6 Å². The molecule has 0 bridgehead atoms. The second-order valence-electron chi connectivity index (χ2n) is 1.18. The van der Waals surface area contributed by atoms with Gasteiger partial charge >= 0.3 is 0 Å². The van der Waals surface area contributed by atoms with Crippen molar-refractivity contribution in [1.29, 1.82) is 0 Å². The summed E-state index contributed by atoms with van der Waals surface area (Å²) < 4.78 is 22.5. The van der Waals surface area contributed by atoms with E-state index in [2.05, 4.69) is 12.6 Å². The highest BCUT2D eigenvalue weighted by atomic mass is 32.1. The van der Waals surface area contributed by atoms with Crippen LogP contribution in [0.5, 0.6) is 0 Å². The van der Waals surface area contributed by atoms with Gasteiger partial charge < -0.3 is 5.73 Å². The van der Waals surface area contributed by atoms with Gasteiger partial charge in [-0.2, -0.15) is 12.6 Å². The van der Waals surface area contributed by atoms with E-state index in [9.17, 15) is 8.78 Å². The van der Waals surface area contributed by atoms with Crippen LogP contribution < -0.4 is 5.73 Å². The molecule has 44 valence electrons. The van der Waals surface area contributed by atoms with Crippen LogP contribution in [0.4, 0.5) is 8.78 Å². The second kappa shape index (κ2) is 3.21. The number of nitrogens with two attached hydrogens (primary N) is 1. The predicted octanol–water partition coefficient (Wildman–Crippen LogP) is 0.509. The van der Waals surface area contributed by atoms with Gasteiger partial charge in [-0.15, -0.1) is 0 Å². The third kappa shape index (κ3) is 2.82. The maximum absolute atomic E-state index is 11.3. The molecule has 0 aliphatic heterocycles. The van der Waals surface area contributed by atoms with Gasteiger partial charge in [0.15, 0.2) is 0 Å². The monoisotopic (exact) mass is 127 g/mol. The lowest BCUT2D eigenvalue weighted by molar-refractivity contribution is 0.125. The summed E-state index contributed by atoms with van der Waals surface area (Å²) in [6.45, 7) is 0. The van der Waals surface area contributed by atoms with Crippen LogP contribution in [-0.2, 0) is 0 Å². The van der Waals surface area contributed by atoms with Gasteiger partial charge in [-0.1, -0.05) is 0 Å². The molecule has 0 saturated carbocycles. The van der Waals surface area contributed by atoms with Crippen molar-refractivity contribution in [2.75, 3.05) is 5.75 Å². The van der Waals surface area contributed by atoms with E-state index in [-0.39, 0.29) is 5.75 Å². The molecule has 0 rings (SSSR count). The van der Waals surface area contributed by atoms with Crippen molar-refractivity contribution in [3.05, 3.63) is 0 Å². The number of thiol groups is 1. The highest BCUT2D eigenvalue weighted by Crippen LogP contribution is 1.97. The molecule has 0 saturated heterocycles. The van der Waals surface area contributed by atoms with Crippen LogP contribution in [0.3, 0.4) is 0 Å². The first-order chi connectivity index (χ1) is 3.18. The molecule has 0 heterocycles. The largest absolute Gasteiger partial charge is 0.322 e. The summed E-state index contributed by atoms with van der Waals surface area (Å²) in [4.78, 5) is 0. The molecule has 0 aliphatic carbocycles. The van der Waals surface area contributed by atoms with Crippen molar-refractivity contribution < 1.29 is 8.78 Å². The zero-order chi connectivity index (χ0) is 5.86. The van der Waals surface area contributed by atoms with E-state index in [1.807, 2.05) is 0 Å². The molecule has 2 N–H and O–H groups in total. The van der Waals surface area contributed by atoms with Gasteiger partial charge in [0.1, 0.15) is 0 Å². The summed E-state index contributed by atoms with van der Waals surface area (Å²) in [6.07, 6.45) is -2.43. The molecule has 0 radical (unpaired) electrons. The fourth-order valence-electron chi connectivity index (χ4n) is 0.0797. The number of halogens is 2. The first kappa shape index (κ1) is 7.17. The Kier molecular flexibility index (Phi) is 3.29. The summed E-state index contributed by atoms with van der Waals surface area (Å²) >= 11 is 3.55. The summed E-state index contributed by atoms with van der Waals surface area (Å²) in [5, 5.41) is 0. The highest BCUT2D eigenvalue weighted by molar-refractivity contribution is 7.80. The normalized spacial score (nSPS) is 15.0. The van der Waals surface area contributed by atoms with Crippen LogP contribution in [0.1, 0.15) is 0 Å². The number of rotatable bonds is 2. The van der Waals surface area contributed by atoms with Crippen molar-refractivity contribution in [1.82, 2.24) is 0 Å². The molecule has 0 fully saturated rings. The van der Waals surface area contributed by atoms with Crippen molar-refractivity contribution in [3.8, 4) is 0 Å². The quantitative estimate of drug-likeness (QED) is 0.519. The molecular formula is C3H7F2NS. The van der Waals surface area contributed by atoms with Gasteiger partial charge in [0.2, 0.25) is 0 Å². The van der Waals surface area contributed by atoms with E-state index in [1.165, 1.54) is 0 Å². The smallest absolute Gasteiger partial charge is 0.254 e. The molecule has 1 nitrogen and oxygen atoms in total. The first-order valence-electron chi connectivity index (χ1n) is 1.83. The lowest BCUT2D eigenvalue weighted by Crippen LogP contribution is -2.30. The second-order valence-corrected chi connectivity index (χ2v) is 1.55. The van der Waals surface area contributed by atoms with Gasteiger partial charge in [0.05, 0.1) is 6.04 Å². The van der Waals surface area contributed by atoms with E-state index in [0.29, 0.717) is 0 Å². The molecule has 0 aliphatic rings. The highest BCUT2D eigenvalue weighted by Gasteiger charge is 2.11. The Balaban J connectivity index is 3.14. The molecular weight excluding hydrogens is 120 g/mol. The summed E-state index contributed by atoms with van der Waals surface area (Å²) in [7, 11) is 0. The van der Waals surface area contributed by atoms with Gasteiger partial charge in [-0.25, -0.2) is 8.78 Å². The fraction of sp³-hybridized carbons (Fsp3) is 1.00. The Morgan fingerprint density at radius 1 is 1.57 bits per heavy atom. The van der Waals surface area contributed by atoms with Gasteiger partial charge in [0, 0.05) is 5.75 Å². The van der Waals surface area contributed by atoms with Crippen molar-refractivity contribution in [2.45, 2.75) is 12.5 Å². The van der Waals surface area contributed by atoms with Gasteiger partial charge in [0.25, 0.3) is 6.43 Å². The minimum absolute atomic E-state index is 0.0394. The number of hydrogen-bond donors (Lipinski definition) is 2. The van der Waals surface area contributed by atoms with Crippen molar-refractivity contribution in [2.24, 2.45) is 5.73 Å². The van der Waals surface area contributed by atoms with Gasteiger partial charge in [-0.3, -0.25) is 0 Å². The summed E-state index contributed by atoms with van der Waals surface area (Å²) in [5.41, 5.74) is 4.79. The van der Waals surface area contributed by atoms with E-state index >= 15 is 0 Å². The Morgan fingerprint density at radius 2 is 2.00 bits per heavy atom. The Bertz CT molecular complexity index is 50.2. The molecule has 1 unspecified atom stereocenters. The molecule has 4 heteroatoms. The third-order valence-electron chi connectivity index (χ3n) is 0.534. The van der Waals surface area contributed by atoms with E-state index in [0.717, 1.165) is 0 Å². The van der Waals surface area contributed by atoms with Crippen LogP contribution in [0, 0.1) is 0 Å². The lowest BCUT2D eigenvalue weighted by Gasteiger charge is -2.03. The average molecular weight is 127 g/mol. The average Bonchev–Trinajstić information content (AvgIpc) is 1.65. The number of hydrogen-bond acceptors (Lipinski definition) is 2. The Hall–Kier alpha value is 0.170. The zero-order valence-electron chi connectivity index (χ0n) is 3.64. The molecule has 0 aromatic carbocycles. The summed E-state index contributed by atoms with van der Waals surface area (Å²) in [5.74, 6) is 0.0394. The van der Waals surface area contributed by atoms with Crippen LogP contribution in [0.25, 0.3) is 0 Å². The minimum atomic E-state index is -2.43. The van der Waals surface area contributed by atoms with Crippen LogP contribution in [0.2, 0.25) is 0 Å². The molecule has 1 atom stereocenters. The Morgan fingerprint density at radius 3 is 2.00 bits per heavy atom. The van der Waals surface area contributed by atoms with Crippen LogP contribution in [0.15, 0.2) is 0 Å². The standard InChI is InChI=1S/C3H7F2NS/c4-3(5)2(6)1-7/h2-3,7H,1,6H2. The molecule has 0 aromatic heterocycles. The topological polar surface area (TPSA) is 26.0 Å². The molecule has 7 heavy (non-hydrogen) atoms. The molecule has 0 aromatic rings. The van der Waals surface area contributed by atoms with E-state index in [4.69, 9.17) is 5.73 Å². The fourth-order valence-corrected chi connectivity index (χ4v) is 0.239. The SMILES string of the molecule is NC(CS)C(F)F.